The normalized spacial score (nSPS) is 19.9. The Kier molecular flexibility index (Phi) is 4.36. The van der Waals surface area contributed by atoms with Gasteiger partial charge in [-0.3, -0.25) is 4.90 Å². The first-order valence-corrected chi connectivity index (χ1v) is 7.32. The van der Waals surface area contributed by atoms with Crippen LogP contribution in [-0.4, -0.2) is 39.3 Å². The smallest absolute Gasteiger partial charge is 0.392 e. The van der Waals surface area contributed by atoms with Crippen LogP contribution in [-0.2, 0) is 12.7 Å². The van der Waals surface area contributed by atoms with E-state index in [9.17, 15) is 18.3 Å². The first-order chi connectivity index (χ1) is 10.9. The van der Waals surface area contributed by atoms with Gasteiger partial charge >= 0.3 is 6.18 Å². The Labute approximate surface area is 130 Å². The molecule has 0 spiro atoms. The number of nitrogens with zero attached hydrogens (tertiary/aromatic N) is 3. The van der Waals surface area contributed by atoms with Gasteiger partial charge in [0.25, 0.3) is 0 Å². The molecule has 0 amide bonds. The third-order valence-electron chi connectivity index (χ3n) is 3.78. The second-order valence-electron chi connectivity index (χ2n) is 5.62. The lowest BCUT2D eigenvalue weighted by Gasteiger charge is -2.28. The zero-order valence-electron chi connectivity index (χ0n) is 12.3. The topological polar surface area (TPSA) is 62.4 Å². The molecule has 1 aliphatic rings. The van der Waals surface area contributed by atoms with Crippen molar-refractivity contribution in [1.82, 2.24) is 15.0 Å². The molecule has 0 bridgehead atoms. The highest BCUT2D eigenvalue weighted by Crippen LogP contribution is 2.30. The number of piperidine rings is 1. The van der Waals surface area contributed by atoms with Gasteiger partial charge in [-0.05, 0) is 31.5 Å². The summed E-state index contributed by atoms with van der Waals surface area (Å²) in [6.45, 7) is 1.82. The Morgan fingerprint density at radius 1 is 1.26 bits per heavy atom. The molecule has 0 aliphatic carbocycles. The van der Waals surface area contributed by atoms with E-state index in [1.54, 1.807) is 0 Å². The summed E-state index contributed by atoms with van der Waals surface area (Å²) in [5, 5.41) is 13.4. The molecule has 0 radical (unpaired) electrons. The van der Waals surface area contributed by atoms with Crippen molar-refractivity contribution in [3.05, 3.63) is 35.7 Å². The summed E-state index contributed by atoms with van der Waals surface area (Å²) >= 11 is 0. The molecule has 1 saturated heterocycles. The third kappa shape index (κ3) is 3.89. The molecule has 2 heterocycles. The van der Waals surface area contributed by atoms with E-state index in [-0.39, 0.29) is 11.9 Å². The molecule has 5 nitrogen and oxygen atoms in total. The molecule has 1 aliphatic heterocycles. The third-order valence-corrected chi connectivity index (χ3v) is 3.78. The van der Waals surface area contributed by atoms with Gasteiger partial charge in [-0.1, -0.05) is 17.3 Å². The van der Waals surface area contributed by atoms with Gasteiger partial charge in [0.2, 0.25) is 11.7 Å². The van der Waals surface area contributed by atoms with E-state index in [1.165, 1.54) is 12.1 Å². The van der Waals surface area contributed by atoms with Crippen molar-refractivity contribution < 1.29 is 22.8 Å². The van der Waals surface area contributed by atoms with Crippen LogP contribution in [0.15, 0.2) is 28.8 Å². The average molecular weight is 327 g/mol. The lowest BCUT2D eigenvalue weighted by Crippen LogP contribution is -2.37. The molecule has 3 rings (SSSR count). The number of benzene rings is 1. The molecule has 8 heteroatoms. The van der Waals surface area contributed by atoms with E-state index in [2.05, 4.69) is 10.1 Å². The average Bonchev–Trinajstić information content (AvgIpc) is 2.95. The van der Waals surface area contributed by atoms with E-state index in [4.69, 9.17) is 4.52 Å². The molecular formula is C15H16F3N3O2. The van der Waals surface area contributed by atoms with E-state index in [0.29, 0.717) is 24.5 Å². The standard InChI is InChI=1S/C15H16F3N3O2/c16-15(17,18)11-5-3-10(4-6-11)14-19-13(23-20-14)9-21-7-1-2-12(22)8-21/h3-6,12,22H,1-2,7-9H2/t12-/m0/s1. The number of alkyl halides is 3. The summed E-state index contributed by atoms with van der Waals surface area (Å²) in [4.78, 5) is 6.22. The highest BCUT2D eigenvalue weighted by molar-refractivity contribution is 5.54. The molecule has 2 aromatic rings. The number of hydrogen-bond acceptors (Lipinski definition) is 5. The van der Waals surface area contributed by atoms with Crippen molar-refractivity contribution in [3.8, 4) is 11.4 Å². The Morgan fingerprint density at radius 2 is 2.00 bits per heavy atom. The van der Waals surface area contributed by atoms with Crippen molar-refractivity contribution in [3.63, 3.8) is 0 Å². The summed E-state index contributed by atoms with van der Waals surface area (Å²) < 4.78 is 42.8. The summed E-state index contributed by atoms with van der Waals surface area (Å²) in [7, 11) is 0. The number of likely N-dealkylation sites (tertiary alicyclic amines) is 1. The maximum absolute atomic E-state index is 12.5. The van der Waals surface area contributed by atoms with E-state index in [1.807, 2.05) is 4.90 Å². The number of aliphatic hydroxyl groups is 1. The number of halogens is 3. The van der Waals surface area contributed by atoms with Crippen LogP contribution < -0.4 is 0 Å². The Bertz CT molecular complexity index is 655. The number of rotatable bonds is 3. The summed E-state index contributed by atoms with van der Waals surface area (Å²) in [5.74, 6) is 0.639. The van der Waals surface area contributed by atoms with Gasteiger partial charge in [0, 0.05) is 12.1 Å². The fraction of sp³-hybridized carbons (Fsp3) is 0.467. The summed E-state index contributed by atoms with van der Waals surface area (Å²) in [5.41, 5.74) is -0.251. The van der Waals surface area contributed by atoms with Crippen molar-refractivity contribution in [2.24, 2.45) is 0 Å². The Hall–Kier alpha value is -1.93. The minimum absolute atomic E-state index is 0.256. The number of aliphatic hydroxyl groups excluding tert-OH is 1. The lowest BCUT2D eigenvalue weighted by atomic mass is 10.1. The van der Waals surface area contributed by atoms with Gasteiger partial charge < -0.3 is 9.63 Å². The monoisotopic (exact) mass is 327 g/mol. The van der Waals surface area contributed by atoms with Crippen molar-refractivity contribution >= 4 is 0 Å². The molecule has 1 atom stereocenters. The van der Waals surface area contributed by atoms with Gasteiger partial charge in [0.1, 0.15) is 0 Å². The van der Waals surface area contributed by atoms with E-state index >= 15 is 0 Å². The van der Waals surface area contributed by atoms with Crippen molar-refractivity contribution in [2.45, 2.75) is 31.7 Å². The van der Waals surface area contributed by atoms with Crippen molar-refractivity contribution in [1.29, 1.82) is 0 Å². The highest BCUT2D eigenvalue weighted by atomic mass is 19.4. The van der Waals surface area contributed by atoms with Crippen LogP contribution in [0.4, 0.5) is 13.2 Å². The summed E-state index contributed by atoms with van der Waals surface area (Å²) in [6.07, 6.45) is -3.02. The van der Waals surface area contributed by atoms with Crippen LogP contribution in [0.2, 0.25) is 0 Å². The minimum Gasteiger partial charge on any atom is -0.392 e. The first-order valence-electron chi connectivity index (χ1n) is 7.32. The second-order valence-corrected chi connectivity index (χ2v) is 5.62. The van der Waals surface area contributed by atoms with Crippen LogP contribution >= 0.6 is 0 Å². The van der Waals surface area contributed by atoms with Crippen molar-refractivity contribution in [2.75, 3.05) is 13.1 Å². The Balaban J connectivity index is 1.69. The molecule has 1 aromatic carbocycles. The molecule has 1 fully saturated rings. The minimum atomic E-state index is -4.37. The number of hydrogen-bond donors (Lipinski definition) is 1. The zero-order valence-corrected chi connectivity index (χ0v) is 12.3. The van der Waals surface area contributed by atoms with Crippen LogP contribution in [0.5, 0.6) is 0 Å². The quantitative estimate of drug-likeness (QED) is 0.939. The predicted molar refractivity (Wildman–Crippen MR) is 75.3 cm³/mol. The van der Waals surface area contributed by atoms with Crippen LogP contribution in [0, 0.1) is 0 Å². The molecule has 124 valence electrons. The van der Waals surface area contributed by atoms with Crippen LogP contribution in [0.3, 0.4) is 0 Å². The zero-order chi connectivity index (χ0) is 16.4. The van der Waals surface area contributed by atoms with Crippen LogP contribution in [0.25, 0.3) is 11.4 Å². The molecule has 23 heavy (non-hydrogen) atoms. The van der Waals surface area contributed by atoms with Gasteiger partial charge in [0.15, 0.2) is 0 Å². The van der Waals surface area contributed by atoms with E-state index in [0.717, 1.165) is 31.5 Å². The molecular weight excluding hydrogens is 311 g/mol. The maximum atomic E-state index is 12.5. The number of aromatic nitrogens is 2. The van der Waals surface area contributed by atoms with Gasteiger partial charge in [0.05, 0.1) is 18.2 Å². The first kappa shape index (κ1) is 15.9. The maximum Gasteiger partial charge on any atom is 0.416 e. The van der Waals surface area contributed by atoms with Crippen LogP contribution in [0.1, 0.15) is 24.3 Å². The van der Waals surface area contributed by atoms with Gasteiger partial charge in [-0.25, -0.2) is 0 Å². The molecule has 1 N–H and O–H groups in total. The fourth-order valence-electron chi connectivity index (χ4n) is 2.61. The largest absolute Gasteiger partial charge is 0.416 e. The fourth-order valence-corrected chi connectivity index (χ4v) is 2.61. The van der Waals surface area contributed by atoms with Gasteiger partial charge in [-0.15, -0.1) is 0 Å². The SMILES string of the molecule is O[C@H]1CCCN(Cc2nc(-c3ccc(C(F)(F)F)cc3)no2)C1. The molecule has 1 aromatic heterocycles. The lowest BCUT2D eigenvalue weighted by molar-refractivity contribution is -0.137. The van der Waals surface area contributed by atoms with Gasteiger partial charge in [-0.2, -0.15) is 18.2 Å². The molecule has 0 saturated carbocycles. The molecule has 0 unspecified atom stereocenters. The highest BCUT2D eigenvalue weighted by Gasteiger charge is 2.30. The summed E-state index contributed by atoms with van der Waals surface area (Å²) in [6, 6.07) is 4.63. The van der Waals surface area contributed by atoms with E-state index < -0.39 is 11.7 Å². The Morgan fingerprint density at radius 3 is 2.65 bits per heavy atom. The second kappa shape index (κ2) is 6.29. The predicted octanol–water partition coefficient (Wildman–Crippen LogP) is 2.71. The number of β-amino-alcohol motifs (C(OH)–C–C–N with tert-alkyl or cyclic N) is 1.